The molecule has 2 aromatic carbocycles. The first-order chi connectivity index (χ1) is 17.0. The Morgan fingerprint density at radius 1 is 1.00 bits per heavy atom. The number of amides is 1. The van der Waals surface area contributed by atoms with E-state index in [0.29, 0.717) is 29.4 Å². The topological polar surface area (TPSA) is 93.7 Å². The first-order valence-electron chi connectivity index (χ1n) is 10.8. The molecule has 0 saturated heterocycles. The van der Waals surface area contributed by atoms with Crippen molar-refractivity contribution in [3.8, 4) is 5.75 Å². The number of carbonyl (C=O) groups is 2. The molecule has 0 unspecified atom stereocenters. The third-order valence-electron chi connectivity index (χ3n) is 4.96. The minimum Gasteiger partial charge on any atom is -0.421 e. The molecule has 190 valence electrons. The SMILES string of the molecule is COCc1nc(Cc2ccc(NC(=O)c3ccc(C(F)(F)F)cc3)cc2)nc(N(C)C)c1OC(C)=O. The van der Waals surface area contributed by atoms with Crippen molar-refractivity contribution in [1.82, 2.24) is 9.97 Å². The smallest absolute Gasteiger partial charge is 0.416 e. The second-order valence-electron chi connectivity index (χ2n) is 8.06. The molecule has 0 radical (unpaired) electrons. The molecule has 0 aliphatic heterocycles. The van der Waals surface area contributed by atoms with Crippen molar-refractivity contribution in [2.24, 2.45) is 0 Å². The Balaban J connectivity index is 1.76. The number of nitrogens with zero attached hydrogens (tertiary/aromatic N) is 3. The summed E-state index contributed by atoms with van der Waals surface area (Å²) in [6.07, 6.45) is -4.11. The highest BCUT2D eigenvalue weighted by atomic mass is 19.4. The average Bonchev–Trinajstić information content (AvgIpc) is 2.81. The van der Waals surface area contributed by atoms with Crippen LogP contribution in [0, 0.1) is 0 Å². The molecule has 0 saturated carbocycles. The van der Waals surface area contributed by atoms with Gasteiger partial charge in [0.25, 0.3) is 5.91 Å². The number of rotatable bonds is 8. The van der Waals surface area contributed by atoms with Crippen molar-refractivity contribution in [3.05, 3.63) is 76.7 Å². The monoisotopic (exact) mass is 502 g/mol. The summed E-state index contributed by atoms with van der Waals surface area (Å²) in [5.41, 5.74) is 1.04. The molecule has 0 aliphatic rings. The van der Waals surface area contributed by atoms with E-state index in [1.165, 1.54) is 14.0 Å². The Hall–Kier alpha value is -3.99. The number of aromatic nitrogens is 2. The summed E-state index contributed by atoms with van der Waals surface area (Å²) in [5, 5.41) is 2.66. The lowest BCUT2D eigenvalue weighted by molar-refractivity contribution is -0.137. The number of hydrogen-bond acceptors (Lipinski definition) is 7. The molecular formula is C25H25F3N4O4. The Morgan fingerprint density at radius 3 is 2.17 bits per heavy atom. The summed E-state index contributed by atoms with van der Waals surface area (Å²) >= 11 is 0. The molecule has 0 fully saturated rings. The molecule has 0 atom stereocenters. The predicted molar refractivity (Wildman–Crippen MR) is 127 cm³/mol. The molecule has 11 heteroatoms. The maximum atomic E-state index is 12.7. The molecule has 3 rings (SSSR count). The molecule has 0 spiro atoms. The maximum Gasteiger partial charge on any atom is 0.416 e. The van der Waals surface area contributed by atoms with Crippen LogP contribution in [0.5, 0.6) is 5.75 Å². The summed E-state index contributed by atoms with van der Waals surface area (Å²) in [5.74, 6) is 0.117. The Kier molecular flexibility index (Phi) is 8.25. The van der Waals surface area contributed by atoms with Crippen molar-refractivity contribution in [3.63, 3.8) is 0 Å². The van der Waals surface area contributed by atoms with Gasteiger partial charge in [0.15, 0.2) is 11.6 Å². The third kappa shape index (κ3) is 6.79. The lowest BCUT2D eigenvalue weighted by Crippen LogP contribution is -2.18. The average molecular weight is 502 g/mol. The van der Waals surface area contributed by atoms with E-state index in [1.807, 2.05) is 0 Å². The number of anilines is 2. The van der Waals surface area contributed by atoms with Crippen molar-refractivity contribution in [2.75, 3.05) is 31.4 Å². The fourth-order valence-corrected chi connectivity index (χ4v) is 3.30. The summed E-state index contributed by atoms with van der Waals surface area (Å²) in [6, 6.07) is 10.9. The standard InChI is InChI=1S/C25H25F3N4O4/c1-15(33)36-22-20(14-35-4)30-21(31-23(22)32(2)3)13-16-5-11-19(12-6-16)29-24(34)17-7-9-18(10-8-17)25(26,27)28/h5-12H,13-14H2,1-4H3,(H,29,34). The minimum absolute atomic E-state index is 0.107. The van der Waals surface area contributed by atoms with E-state index in [0.717, 1.165) is 29.8 Å². The van der Waals surface area contributed by atoms with Crippen LogP contribution in [0.15, 0.2) is 48.5 Å². The van der Waals surface area contributed by atoms with Crippen molar-refractivity contribution >= 4 is 23.4 Å². The number of nitrogens with one attached hydrogen (secondary N) is 1. The van der Waals surface area contributed by atoms with Gasteiger partial charge in [-0.1, -0.05) is 12.1 Å². The zero-order chi connectivity index (χ0) is 26.5. The molecule has 1 amide bonds. The number of alkyl halides is 3. The fraction of sp³-hybridized carbons (Fsp3) is 0.280. The Bertz CT molecular complexity index is 1230. The first kappa shape index (κ1) is 26.6. The van der Waals surface area contributed by atoms with E-state index in [4.69, 9.17) is 9.47 Å². The van der Waals surface area contributed by atoms with Gasteiger partial charge in [-0.2, -0.15) is 13.2 Å². The lowest BCUT2D eigenvalue weighted by atomic mass is 10.1. The van der Waals surface area contributed by atoms with Crippen molar-refractivity contribution < 1.29 is 32.2 Å². The van der Waals surface area contributed by atoms with E-state index in [9.17, 15) is 22.8 Å². The summed E-state index contributed by atoms with van der Waals surface area (Å²) < 4.78 is 48.7. The summed E-state index contributed by atoms with van der Waals surface area (Å²) in [7, 11) is 5.04. The number of benzene rings is 2. The quantitative estimate of drug-likeness (QED) is 0.454. The van der Waals surface area contributed by atoms with Crippen LogP contribution in [-0.4, -0.2) is 43.0 Å². The normalized spacial score (nSPS) is 11.2. The predicted octanol–water partition coefficient (Wildman–Crippen LogP) is 4.48. The Labute approximate surface area is 206 Å². The second kappa shape index (κ2) is 11.2. The number of ether oxygens (including phenoxy) is 2. The van der Waals surface area contributed by atoms with Gasteiger partial charge in [0, 0.05) is 45.8 Å². The van der Waals surface area contributed by atoms with E-state index >= 15 is 0 Å². The number of carbonyl (C=O) groups excluding carboxylic acids is 2. The number of hydrogen-bond donors (Lipinski definition) is 1. The molecule has 1 heterocycles. The zero-order valence-corrected chi connectivity index (χ0v) is 20.1. The van der Waals surface area contributed by atoms with Gasteiger partial charge in [-0.05, 0) is 42.0 Å². The van der Waals surface area contributed by atoms with Crippen molar-refractivity contribution in [2.45, 2.75) is 26.1 Å². The van der Waals surface area contributed by atoms with Gasteiger partial charge in [-0.25, -0.2) is 9.97 Å². The third-order valence-corrected chi connectivity index (χ3v) is 4.96. The number of halogens is 3. The van der Waals surface area contributed by atoms with Crippen LogP contribution in [0.4, 0.5) is 24.7 Å². The largest absolute Gasteiger partial charge is 0.421 e. The molecule has 8 nitrogen and oxygen atoms in total. The van der Waals surface area contributed by atoms with Crippen LogP contribution in [0.25, 0.3) is 0 Å². The Morgan fingerprint density at radius 2 is 1.64 bits per heavy atom. The molecule has 0 aliphatic carbocycles. The van der Waals surface area contributed by atoms with Crippen LogP contribution >= 0.6 is 0 Å². The van der Waals surface area contributed by atoms with Gasteiger partial charge in [0.2, 0.25) is 0 Å². The van der Waals surface area contributed by atoms with Crippen molar-refractivity contribution in [1.29, 1.82) is 0 Å². The van der Waals surface area contributed by atoms with Crippen LogP contribution in [-0.2, 0) is 28.7 Å². The van der Waals surface area contributed by atoms with E-state index in [1.54, 1.807) is 43.3 Å². The minimum atomic E-state index is -4.47. The van der Waals surface area contributed by atoms with Gasteiger partial charge >= 0.3 is 12.1 Å². The molecule has 3 aromatic rings. The maximum absolute atomic E-state index is 12.7. The fourth-order valence-electron chi connectivity index (χ4n) is 3.30. The number of esters is 1. The van der Waals surface area contributed by atoms with Gasteiger partial charge in [0.05, 0.1) is 12.2 Å². The molecule has 0 bridgehead atoms. The molecule has 36 heavy (non-hydrogen) atoms. The van der Waals surface area contributed by atoms with Crippen LogP contribution in [0.2, 0.25) is 0 Å². The van der Waals surface area contributed by atoms with E-state index in [2.05, 4.69) is 15.3 Å². The summed E-state index contributed by atoms with van der Waals surface area (Å²) in [4.78, 5) is 34.7. The highest BCUT2D eigenvalue weighted by Crippen LogP contribution is 2.30. The van der Waals surface area contributed by atoms with Crippen LogP contribution in [0.3, 0.4) is 0 Å². The van der Waals surface area contributed by atoms with Crippen LogP contribution < -0.4 is 15.0 Å². The summed E-state index contributed by atoms with van der Waals surface area (Å²) in [6.45, 7) is 1.41. The first-order valence-corrected chi connectivity index (χ1v) is 10.8. The van der Waals surface area contributed by atoms with E-state index < -0.39 is 23.6 Å². The highest BCUT2D eigenvalue weighted by Gasteiger charge is 2.30. The molecule has 1 aromatic heterocycles. The van der Waals surface area contributed by atoms with Crippen LogP contribution in [0.1, 0.15) is 39.9 Å². The molecular weight excluding hydrogens is 477 g/mol. The lowest BCUT2D eigenvalue weighted by Gasteiger charge is -2.19. The number of methoxy groups -OCH3 is 1. The highest BCUT2D eigenvalue weighted by molar-refractivity contribution is 6.04. The van der Waals surface area contributed by atoms with Gasteiger partial charge < -0.3 is 19.7 Å². The van der Waals surface area contributed by atoms with Gasteiger partial charge in [0.1, 0.15) is 11.5 Å². The van der Waals surface area contributed by atoms with Gasteiger partial charge in [-0.15, -0.1) is 0 Å². The van der Waals surface area contributed by atoms with E-state index in [-0.39, 0.29) is 17.9 Å². The molecule has 1 N–H and O–H groups in total. The zero-order valence-electron chi connectivity index (χ0n) is 20.1. The van der Waals surface area contributed by atoms with Gasteiger partial charge in [-0.3, -0.25) is 9.59 Å². The second-order valence-corrected chi connectivity index (χ2v) is 8.06.